The summed E-state index contributed by atoms with van der Waals surface area (Å²) in [6.45, 7) is 0.0931. The van der Waals surface area contributed by atoms with Crippen LogP contribution in [-0.2, 0) is 21.3 Å². The monoisotopic (exact) mass is 475 g/mol. The number of para-hydroxylation sites is 1. The van der Waals surface area contributed by atoms with Crippen LogP contribution in [0.1, 0.15) is 22.6 Å². The first-order valence-corrected chi connectivity index (χ1v) is 12.0. The van der Waals surface area contributed by atoms with E-state index in [0.29, 0.717) is 21.8 Å². The van der Waals surface area contributed by atoms with Crippen molar-refractivity contribution in [2.75, 3.05) is 4.31 Å². The average Bonchev–Trinajstić information content (AvgIpc) is 2.82. The largest absolute Gasteiger partial charge is 0.439 e. The summed E-state index contributed by atoms with van der Waals surface area (Å²) in [5, 5.41) is 10.4. The Morgan fingerprint density at radius 2 is 1.67 bits per heavy atom. The molecule has 0 aromatic heterocycles. The molecule has 0 bridgehead atoms. The van der Waals surface area contributed by atoms with E-state index in [0.717, 1.165) is 5.56 Å². The number of nitrogens with two attached hydrogens (primary N) is 1. The predicted molar refractivity (Wildman–Crippen MR) is 127 cm³/mol. The van der Waals surface area contributed by atoms with Gasteiger partial charge in [-0.25, -0.2) is 8.42 Å². The molecule has 2 aliphatic rings. The number of hydrogen-bond donors (Lipinski definition) is 1. The molecule has 33 heavy (non-hydrogen) atoms. The molecule has 6 nitrogen and oxygen atoms in total. The predicted octanol–water partition coefficient (Wildman–Crippen LogP) is 4.87. The van der Waals surface area contributed by atoms with Gasteiger partial charge in [0.2, 0.25) is 5.88 Å². The minimum atomic E-state index is -4.10. The maximum atomic E-state index is 14.1. The summed E-state index contributed by atoms with van der Waals surface area (Å²) in [5.41, 5.74) is 8.67. The number of sulfonamides is 1. The molecule has 0 aliphatic carbocycles. The third kappa shape index (κ3) is 3.44. The quantitative estimate of drug-likeness (QED) is 0.583. The van der Waals surface area contributed by atoms with Crippen LogP contribution in [0.4, 0.5) is 5.69 Å². The van der Waals surface area contributed by atoms with Gasteiger partial charge in [-0.1, -0.05) is 66.2 Å². The van der Waals surface area contributed by atoms with Gasteiger partial charge in [0.1, 0.15) is 16.5 Å². The maximum Gasteiger partial charge on any atom is 0.265 e. The summed E-state index contributed by atoms with van der Waals surface area (Å²) in [4.78, 5) is 0.00659. The normalized spacial score (nSPS) is 18.8. The molecule has 164 valence electrons. The number of nitriles is 1. The Hall–Kier alpha value is -3.73. The fourth-order valence-electron chi connectivity index (χ4n) is 4.21. The van der Waals surface area contributed by atoms with Gasteiger partial charge in [0.25, 0.3) is 10.0 Å². The fraction of sp³-hybridized carbons (Fsp3) is 0.0800. The van der Waals surface area contributed by atoms with E-state index in [1.807, 2.05) is 12.1 Å². The standard InChI is InChI=1S/C25H18ClN3O3S/c26-18-12-10-16(11-13-18)15-29-21-9-5-4-8-19(21)23-24(33(29,30)31)22(17-6-2-1-3-7-17)20(14-27)25(28)32-23/h1-13,22H,15,28H2. The number of fused-ring (bicyclic) bond motifs is 2. The molecule has 2 N–H and O–H groups in total. The molecule has 1 atom stereocenters. The number of benzene rings is 3. The Morgan fingerprint density at radius 1 is 1.00 bits per heavy atom. The lowest BCUT2D eigenvalue weighted by Crippen LogP contribution is -2.39. The molecular formula is C25H18ClN3O3S. The molecule has 0 spiro atoms. The molecule has 1 unspecified atom stereocenters. The Labute approximate surface area is 196 Å². The number of rotatable bonds is 3. The van der Waals surface area contributed by atoms with Gasteiger partial charge in [-0.05, 0) is 35.4 Å². The molecule has 5 rings (SSSR count). The SMILES string of the molecule is N#CC1=C(N)OC2=C(C1c1ccccc1)S(=O)(=O)N(Cc1ccc(Cl)cc1)c1ccccc12. The fourth-order valence-corrected chi connectivity index (χ4v) is 6.25. The topological polar surface area (TPSA) is 96.4 Å². The zero-order valence-electron chi connectivity index (χ0n) is 17.3. The number of hydrogen-bond acceptors (Lipinski definition) is 5. The molecule has 2 heterocycles. The third-order valence-corrected chi connectivity index (χ3v) is 7.87. The molecule has 0 amide bonds. The van der Waals surface area contributed by atoms with Crippen LogP contribution in [0.15, 0.2) is 95.2 Å². The summed E-state index contributed by atoms with van der Waals surface area (Å²) in [5.74, 6) is -0.824. The number of anilines is 1. The van der Waals surface area contributed by atoms with Gasteiger partial charge in [0.15, 0.2) is 5.76 Å². The van der Waals surface area contributed by atoms with Crippen LogP contribution in [-0.4, -0.2) is 8.42 Å². The Balaban J connectivity index is 1.75. The summed E-state index contributed by atoms with van der Waals surface area (Å²) in [6, 6.07) is 25.2. The van der Waals surface area contributed by atoms with Crippen molar-refractivity contribution in [2.24, 2.45) is 5.73 Å². The van der Waals surface area contributed by atoms with Crippen molar-refractivity contribution >= 4 is 33.1 Å². The van der Waals surface area contributed by atoms with Crippen LogP contribution >= 0.6 is 11.6 Å². The van der Waals surface area contributed by atoms with Gasteiger partial charge in [-0.3, -0.25) is 4.31 Å². The van der Waals surface area contributed by atoms with Crippen molar-refractivity contribution < 1.29 is 13.2 Å². The second-order valence-electron chi connectivity index (χ2n) is 7.68. The molecule has 0 saturated carbocycles. The lowest BCUT2D eigenvalue weighted by atomic mass is 9.88. The van der Waals surface area contributed by atoms with E-state index >= 15 is 0 Å². The van der Waals surface area contributed by atoms with Crippen LogP contribution in [0.2, 0.25) is 5.02 Å². The lowest BCUT2D eigenvalue weighted by molar-refractivity contribution is 0.357. The van der Waals surface area contributed by atoms with E-state index in [9.17, 15) is 13.7 Å². The van der Waals surface area contributed by atoms with Crippen LogP contribution in [0.25, 0.3) is 5.76 Å². The smallest absolute Gasteiger partial charge is 0.265 e. The van der Waals surface area contributed by atoms with Gasteiger partial charge in [-0.15, -0.1) is 0 Å². The summed E-state index contributed by atoms with van der Waals surface area (Å²) in [7, 11) is -4.10. The first-order valence-electron chi connectivity index (χ1n) is 10.1. The van der Waals surface area contributed by atoms with E-state index < -0.39 is 15.9 Å². The summed E-state index contributed by atoms with van der Waals surface area (Å²) >= 11 is 6.01. The highest BCUT2D eigenvalue weighted by Gasteiger charge is 2.47. The molecule has 0 fully saturated rings. The van der Waals surface area contributed by atoms with Crippen molar-refractivity contribution in [3.05, 3.63) is 117 Å². The molecule has 3 aromatic rings. The zero-order chi connectivity index (χ0) is 23.2. The number of ether oxygens (including phenoxy) is 1. The van der Waals surface area contributed by atoms with Gasteiger partial charge in [0, 0.05) is 10.6 Å². The van der Waals surface area contributed by atoms with Crippen LogP contribution in [0.3, 0.4) is 0 Å². The first kappa shape index (κ1) is 21.1. The molecule has 3 aromatic carbocycles. The van der Waals surface area contributed by atoms with Gasteiger partial charge in [-0.2, -0.15) is 5.26 Å². The van der Waals surface area contributed by atoms with Gasteiger partial charge < -0.3 is 10.5 Å². The average molecular weight is 476 g/mol. The summed E-state index contributed by atoms with van der Waals surface area (Å²) < 4.78 is 35.4. The van der Waals surface area contributed by atoms with Crippen molar-refractivity contribution in [3.8, 4) is 6.07 Å². The van der Waals surface area contributed by atoms with E-state index in [1.54, 1.807) is 66.7 Å². The Kier molecular flexibility index (Phi) is 5.12. The minimum absolute atomic E-state index is 0.00659. The van der Waals surface area contributed by atoms with E-state index in [4.69, 9.17) is 22.1 Å². The van der Waals surface area contributed by atoms with Crippen molar-refractivity contribution in [2.45, 2.75) is 12.5 Å². The molecule has 0 saturated heterocycles. The zero-order valence-corrected chi connectivity index (χ0v) is 18.8. The number of nitrogens with zero attached hydrogens (tertiary/aromatic N) is 2. The van der Waals surface area contributed by atoms with Crippen LogP contribution in [0.5, 0.6) is 0 Å². The van der Waals surface area contributed by atoms with E-state index in [2.05, 4.69) is 6.07 Å². The highest BCUT2D eigenvalue weighted by Crippen LogP contribution is 2.51. The van der Waals surface area contributed by atoms with Gasteiger partial charge in [0.05, 0.1) is 18.2 Å². The second kappa shape index (κ2) is 8.00. The number of allylic oxidation sites excluding steroid dienone is 2. The molecular weight excluding hydrogens is 458 g/mol. The van der Waals surface area contributed by atoms with Crippen molar-refractivity contribution in [1.82, 2.24) is 0 Å². The third-order valence-electron chi connectivity index (χ3n) is 5.73. The summed E-state index contributed by atoms with van der Waals surface area (Å²) in [6.07, 6.45) is 0. The Bertz CT molecular complexity index is 1460. The first-order chi connectivity index (χ1) is 15.9. The molecule has 2 aliphatic heterocycles. The van der Waals surface area contributed by atoms with Crippen molar-refractivity contribution in [1.29, 1.82) is 5.26 Å². The maximum absolute atomic E-state index is 14.1. The number of halogens is 1. The Morgan fingerprint density at radius 3 is 2.36 bits per heavy atom. The lowest BCUT2D eigenvalue weighted by Gasteiger charge is -2.38. The highest BCUT2D eigenvalue weighted by atomic mass is 35.5. The molecule has 0 radical (unpaired) electrons. The van der Waals surface area contributed by atoms with E-state index in [-0.39, 0.29) is 28.7 Å². The van der Waals surface area contributed by atoms with E-state index in [1.165, 1.54) is 4.31 Å². The highest BCUT2D eigenvalue weighted by molar-refractivity contribution is 7.96. The van der Waals surface area contributed by atoms with Crippen LogP contribution in [0, 0.1) is 11.3 Å². The van der Waals surface area contributed by atoms with Gasteiger partial charge >= 0.3 is 0 Å². The minimum Gasteiger partial charge on any atom is -0.439 e. The van der Waals surface area contributed by atoms with Crippen molar-refractivity contribution in [3.63, 3.8) is 0 Å². The molecule has 8 heteroatoms. The second-order valence-corrected chi connectivity index (χ2v) is 9.95. The van der Waals surface area contributed by atoms with Crippen LogP contribution < -0.4 is 10.0 Å².